The van der Waals surface area contributed by atoms with Gasteiger partial charge in [-0.2, -0.15) is 0 Å². The van der Waals surface area contributed by atoms with Gasteiger partial charge in [-0.05, 0) is 25.6 Å². The summed E-state index contributed by atoms with van der Waals surface area (Å²) in [5, 5.41) is 3.36. The zero-order valence-electron chi connectivity index (χ0n) is 12.4. The number of hydrogen-bond acceptors (Lipinski definition) is 5. The Morgan fingerprint density at radius 2 is 2.16 bits per heavy atom. The van der Waals surface area contributed by atoms with Gasteiger partial charge in [-0.15, -0.1) is 0 Å². The Balaban J connectivity index is 2.50. The second kappa shape index (κ2) is 6.73. The first kappa shape index (κ1) is 15.7. The largest absolute Gasteiger partial charge is 0.463 e. The second-order valence-corrected chi connectivity index (χ2v) is 5.77. The van der Waals surface area contributed by atoms with Crippen molar-refractivity contribution in [1.82, 2.24) is 10.2 Å². The molecule has 1 aromatic rings. The molecule has 5 nitrogen and oxygen atoms in total. The molecule has 0 saturated carbocycles. The molecule has 19 heavy (non-hydrogen) atoms. The number of nitrogens with one attached hydrogen (secondary N) is 1. The molecular formula is C14H24N2O3. The van der Waals surface area contributed by atoms with Crippen molar-refractivity contribution in [2.75, 3.05) is 34.3 Å². The monoisotopic (exact) mass is 268 g/mol. The minimum Gasteiger partial charge on any atom is -0.463 e. The van der Waals surface area contributed by atoms with Crippen LogP contribution in [-0.4, -0.2) is 45.2 Å². The topological polar surface area (TPSA) is 54.7 Å². The average molecular weight is 268 g/mol. The van der Waals surface area contributed by atoms with Crippen molar-refractivity contribution in [2.45, 2.75) is 20.4 Å². The van der Waals surface area contributed by atoms with Gasteiger partial charge in [0.2, 0.25) is 5.76 Å². The number of nitrogens with zero attached hydrogens (tertiary/aromatic N) is 1. The van der Waals surface area contributed by atoms with Crippen LogP contribution >= 0.6 is 0 Å². The number of furan rings is 1. The van der Waals surface area contributed by atoms with Gasteiger partial charge in [-0.1, -0.05) is 13.8 Å². The molecule has 0 aliphatic heterocycles. The molecule has 0 unspecified atom stereocenters. The lowest BCUT2D eigenvalue weighted by Gasteiger charge is -2.28. The van der Waals surface area contributed by atoms with Crippen molar-refractivity contribution in [2.24, 2.45) is 5.41 Å². The van der Waals surface area contributed by atoms with Gasteiger partial charge in [0, 0.05) is 25.2 Å². The molecule has 0 saturated heterocycles. The summed E-state index contributed by atoms with van der Waals surface area (Å²) < 4.78 is 9.81. The highest BCUT2D eigenvalue weighted by Crippen LogP contribution is 2.16. The van der Waals surface area contributed by atoms with Crippen LogP contribution < -0.4 is 5.32 Å². The van der Waals surface area contributed by atoms with Gasteiger partial charge in [-0.3, -0.25) is 0 Å². The molecule has 0 aliphatic rings. The molecule has 1 heterocycles. The van der Waals surface area contributed by atoms with E-state index >= 15 is 0 Å². The third kappa shape index (κ3) is 5.04. The van der Waals surface area contributed by atoms with Crippen molar-refractivity contribution >= 4 is 5.97 Å². The smallest absolute Gasteiger partial charge is 0.374 e. The van der Waals surface area contributed by atoms with E-state index in [2.05, 4.69) is 42.9 Å². The number of carbonyl (C=O) groups is 1. The highest BCUT2D eigenvalue weighted by molar-refractivity contribution is 5.87. The summed E-state index contributed by atoms with van der Waals surface area (Å²) in [6, 6.07) is 1.79. The van der Waals surface area contributed by atoms with E-state index in [4.69, 9.17) is 4.42 Å². The summed E-state index contributed by atoms with van der Waals surface area (Å²) >= 11 is 0. The normalized spacial score (nSPS) is 11.9. The van der Waals surface area contributed by atoms with Gasteiger partial charge in [0.1, 0.15) is 0 Å². The van der Waals surface area contributed by atoms with E-state index in [9.17, 15) is 4.79 Å². The van der Waals surface area contributed by atoms with Crippen LogP contribution in [0.15, 0.2) is 16.7 Å². The summed E-state index contributed by atoms with van der Waals surface area (Å²) in [6.07, 6.45) is 1.51. The van der Waals surface area contributed by atoms with Crippen LogP contribution in [0.2, 0.25) is 0 Å². The Morgan fingerprint density at radius 1 is 1.47 bits per heavy atom. The quantitative estimate of drug-likeness (QED) is 0.763. The van der Waals surface area contributed by atoms with Gasteiger partial charge in [-0.25, -0.2) is 4.79 Å². The van der Waals surface area contributed by atoms with E-state index in [0.717, 1.165) is 18.7 Å². The lowest BCUT2D eigenvalue weighted by atomic mass is 9.93. The van der Waals surface area contributed by atoms with Gasteiger partial charge in [0.25, 0.3) is 0 Å². The van der Waals surface area contributed by atoms with Crippen LogP contribution in [0.4, 0.5) is 0 Å². The van der Waals surface area contributed by atoms with E-state index in [1.807, 2.05) is 0 Å². The number of methoxy groups -OCH3 is 1. The van der Waals surface area contributed by atoms with Crippen LogP contribution in [-0.2, 0) is 11.3 Å². The summed E-state index contributed by atoms with van der Waals surface area (Å²) in [4.78, 5) is 13.6. The summed E-state index contributed by atoms with van der Waals surface area (Å²) in [7, 11) is 5.47. The van der Waals surface area contributed by atoms with Crippen molar-refractivity contribution in [3.05, 3.63) is 23.7 Å². The fourth-order valence-corrected chi connectivity index (χ4v) is 2.19. The van der Waals surface area contributed by atoms with Gasteiger partial charge >= 0.3 is 5.97 Å². The molecule has 108 valence electrons. The van der Waals surface area contributed by atoms with Crippen molar-refractivity contribution < 1.29 is 13.9 Å². The second-order valence-electron chi connectivity index (χ2n) is 5.77. The fourth-order valence-electron chi connectivity index (χ4n) is 2.19. The maximum Gasteiger partial charge on any atom is 0.374 e. The Kier molecular flexibility index (Phi) is 5.57. The summed E-state index contributed by atoms with van der Waals surface area (Å²) in [5.74, 6) is -0.158. The maximum atomic E-state index is 11.5. The third-order valence-electron chi connectivity index (χ3n) is 2.78. The Labute approximate surface area is 114 Å². The third-order valence-corrected chi connectivity index (χ3v) is 2.78. The first-order valence-corrected chi connectivity index (χ1v) is 6.36. The van der Waals surface area contributed by atoms with E-state index in [-0.39, 0.29) is 11.2 Å². The average Bonchev–Trinajstić information content (AvgIpc) is 2.74. The molecule has 0 aromatic carbocycles. The predicted molar refractivity (Wildman–Crippen MR) is 74.1 cm³/mol. The number of rotatable bonds is 7. The Hall–Kier alpha value is -1.33. The Bertz CT molecular complexity index is 411. The van der Waals surface area contributed by atoms with Crippen LogP contribution in [0.25, 0.3) is 0 Å². The molecule has 0 atom stereocenters. The van der Waals surface area contributed by atoms with Crippen LogP contribution in [0.3, 0.4) is 0 Å². The minimum absolute atomic E-state index is 0.165. The van der Waals surface area contributed by atoms with E-state index in [1.165, 1.54) is 13.4 Å². The SMILES string of the molecule is COC(=O)c1occc1CNCC(C)(C)CN(C)C. The van der Waals surface area contributed by atoms with Crippen molar-refractivity contribution in [1.29, 1.82) is 0 Å². The van der Waals surface area contributed by atoms with Gasteiger partial charge in [0.15, 0.2) is 0 Å². The standard InChI is InChI=1S/C14H24N2O3/c1-14(2,10-16(3)4)9-15-8-11-6-7-19-12(11)13(17)18-5/h6-7,15H,8-10H2,1-5H3. The van der Waals surface area contributed by atoms with Crippen molar-refractivity contribution in [3.8, 4) is 0 Å². The number of esters is 1. The molecule has 0 radical (unpaired) electrons. The molecule has 0 fully saturated rings. The molecule has 1 rings (SSSR count). The van der Waals surface area contributed by atoms with E-state index < -0.39 is 5.97 Å². The highest BCUT2D eigenvalue weighted by atomic mass is 16.5. The predicted octanol–water partition coefficient (Wildman–Crippen LogP) is 1.74. The molecule has 1 aromatic heterocycles. The minimum atomic E-state index is -0.436. The number of hydrogen-bond donors (Lipinski definition) is 1. The van der Waals surface area contributed by atoms with Gasteiger partial charge in [0.05, 0.1) is 13.4 Å². The molecular weight excluding hydrogens is 244 g/mol. The summed E-state index contributed by atoms with van der Waals surface area (Å²) in [6.45, 7) is 6.86. The Morgan fingerprint density at radius 3 is 2.74 bits per heavy atom. The highest BCUT2D eigenvalue weighted by Gasteiger charge is 2.20. The molecule has 0 amide bonds. The molecule has 1 N–H and O–H groups in total. The summed E-state index contributed by atoms with van der Waals surface area (Å²) in [5.41, 5.74) is 0.992. The number of carbonyl (C=O) groups excluding carboxylic acids is 1. The first-order chi connectivity index (χ1) is 8.85. The van der Waals surface area contributed by atoms with Crippen LogP contribution in [0, 0.1) is 5.41 Å². The molecule has 0 bridgehead atoms. The van der Waals surface area contributed by atoms with Crippen LogP contribution in [0.5, 0.6) is 0 Å². The lowest BCUT2D eigenvalue weighted by Crippen LogP contribution is -2.37. The lowest BCUT2D eigenvalue weighted by molar-refractivity contribution is 0.0563. The molecule has 5 heteroatoms. The number of ether oxygens (including phenoxy) is 1. The fraction of sp³-hybridized carbons (Fsp3) is 0.643. The van der Waals surface area contributed by atoms with E-state index in [0.29, 0.717) is 6.54 Å². The molecule has 0 spiro atoms. The van der Waals surface area contributed by atoms with Crippen LogP contribution in [0.1, 0.15) is 30.0 Å². The maximum absolute atomic E-state index is 11.5. The van der Waals surface area contributed by atoms with Crippen molar-refractivity contribution in [3.63, 3.8) is 0 Å². The molecule has 0 aliphatic carbocycles. The first-order valence-electron chi connectivity index (χ1n) is 6.36. The van der Waals surface area contributed by atoms with Gasteiger partial charge < -0.3 is 19.4 Å². The zero-order chi connectivity index (χ0) is 14.5. The zero-order valence-corrected chi connectivity index (χ0v) is 12.4. The van der Waals surface area contributed by atoms with E-state index in [1.54, 1.807) is 6.07 Å².